The van der Waals surface area contributed by atoms with Crippen LogP contribution in [0, 0.1) is 6.92 Å². The van der Waals surface area contributed by atoms with E-state index in [2.05, 4.69) is 0 Å². The van der Waals surface area contributed by atoms with E-state index < -0.39 is 12.2 Å². The lowest BCUT2D eigenvalue weighted by Gasteiger charge is -2.34. The largest absolute Gasteiger partial charge is 0.488 e. The molecular weight excluding hydrogens is 564 g/mol. The van der Waals surface area contributed by atoms with E-state index in [9.17, 15) is 4.79 Å². The number of hydrogen-bond donors (Lipinski definition) is 0. The number of ether oxygens (including phenoxy) is 5. The Morgan fingerprint density at radius 2 is 1.20 bits per heavy atom. The summed E-state index contributed by atoms with van der Waals surface area (Å²) in [6.07, 6.45) is -0.696. The summed E-state index contributed by atoms with van der Waals surface area (Å²) in [5.41, 5.74) is 5.86. The molecule has 0 aromatic heterocycles. The highest BCUT2D eigenvalue weighted by Gasteiger charge is 2.36. The molecule has 1 aliphatic rings. The quantitative estimate of drug-likeness (QED) is 0.142. The number of aryl methyl sites for hydroxylation is 1. The van der Waals surface area contributed by atoms with Crippen LogP contribution in [0.25, 0.3) is 0 Å². The van der Waals surface area contributed by atoms with Crippen LogP contribution in [0.15, 0.2) is 121 Å². The van der Waals surface area contributed by atoms with Crippen LogP contribution in [0.5, 0.6) is 23.0 Å². The molecule has 0 radical (unpaired) electrons. The minimum Gasteiger partial charge on any atom is -0.488 e. The maximum atomic E-state index is 12.3. The molecular formula is C39H36O6. The molecule has 0 fully saturated rings. The second-order valence-corrected chi connectivity index (χ2v) is 11.2. The van der Waals surface area contributed by atoms with Crippen LogP contribution in [0.1, 0.15) is 46.4 Å². The average Bonchev–Trinajstić information content (AvgIpc) is 3.06. The minimum atomic E-state index is -0.574. The Balaban J connectivity index is 1.30. The molecule has 0 saturated carbocycles. The fourth-order valence-electron chi connectivity index (χ4n) is 5.45. The van der Waals surface area contributed by atoms with Crippen molar-refractivity contribution < 1.29 is 28.5 Å². The molecule has 228 valence electrons. The first-order valence-electron chi connectivity index (χ1n) is 15.1. The highest BCUT2D eigenvalue weighted by atomic mass is 16.6. The van der Waals surface area contributed by atoms with E-state index >= 15 is 0 Å². The number of rotatable bonds is 11. The summed E-state index contributed by atoms with van der Waals surface area (Å²) >= 11 is 0. The van der Waals surface area contributed by atoms with Gasteiger partial charge in [0.2, 0.25) is 0 Å². The van der Waals surface area contributed by atoms with Gasteiger partial charge in [0.05, 0.1) is 0 Å². The van der Waals surface area contributed by atoms with Crippen molar-refractivity contribution in [3.63, 3.8) is 0 Å². The molecule has 2 atom stereocenters. The van der Waals surface area contributed by atoms with Crippen molar-refractivity contribution in [1.82, 2.24) is 0 Å². The summed E-state index contributed by atoms with van der Waals surface area (Å²) in [6, 6.07) is 39.8. The van der Waals surface area contributed by atoms with Gasteiger partial charge in [0, 0.05) is 24.5 Å². The first-order chi connectivity index (χ1) is 22.0. The van der Waals surface area contributed by atoms with Gasteiger partial charge in [-0.05, 0) is 53.4 Å². The van der Waals surface area contributed by atoms with Gasteiger partial charge in [0.15, 0.2) is 17.6 Å². The zero-order chi connectivity index (χ0) is 31.0. The summed E-state index contributed by atoms with van der Waals surface area (Å²) in [7, 11) is 0. The van der Waals surface area contributed by atoms with E-state index in [4.69, 9.17) is 23.7 Å². The van der Waals surface area contributed by atoms with Gasteiger partial charge in [0.1, 0.15) is 37.4 Å². The predicted octanol–water partition coefficient (Wildman–Crippen LogP) is 8.34. The lowest BCUT2D eigenvalue weighted by atomic mass is 9.93. The fraction of sp³-hybridized carbons (Fsp3) is 0.205. The molecule has 1 heterocycles. The van der Waals surface area contributed by atoms with Gasteiger partial charge in [-0.25, -0.2) is 0 Å². The molecule has 1 aliphatic heterocycles. The Morgan fingerprint density at radius 1 is 0.667 bits per heavy atom. The van der Waals surface area contributed by atoms with Crippen LogP contribution in [-0.2, 0) is 35.8 Å². The van der Waals surface area contributed by atoms with Crippen LogP contribution in [0.3, 0.4) is 0 Å². The molecule has 6 rings (SSSR count). The number of benzene rings is 5. The molecule has 0 spiro atoms. The third-order valence-electron chi connectivity index (χ3n) is 7.63. The van der Waals surface area contributed by atoms with Crippen molar-refractivity contribution in [3.8, 4) is 23.0 Å². The lowest BCUT2D eigenvalue weighted by Crippen LogP contribution is -2.34. The first-order valence-corrected chi connectivity index (χ1v) is 15.1. The second kappa shape index (κ2) is 14.0. The molecule has 6 heteroatoms. The van der Waals surface area contributed by atoms with E-state index in [0.717, 1.165) is 39.1 Å². The van der Waals surface area contributed by atoms with Gasteiger partial charge in [0.25, 0.3) is 0 Å². The predicted molar refractivity (Wildman–Crippen MR) is 173 cm³/mol. The first kappa shape index (κ1) is 29.8. The van der Waals surface area contributed by atoms with Crippen LogP contribution in [0.4, 0.5) is 0 Å². The van der Waals surface area contributed by atoms with Crippen molar-refractivity contribution >= 4 is 5.97 Å². The number of esters is 1. The van der Waals surface area contributed by atoms with E-state index in [-0.39, 0.29) is 5.97 Å². The van der Waals surface area contributed by atoms with Gasteiger partial charge in [-0.15, -0.1) is 0 Å². The van der Waals surface area contributed by atoms with Crippen LogP contribution in [0.2, 0.25) is 0 Å². The van der Waals surface area contributed by atoms with E-state index in [1.807, 2.05) is 128 Å². The van der Waals surface area contributed by atoms with Crippen molar-refractivity contribution in [2.45, 2.75) is 52.3 Å². The molecule has 0 unspecified atom stereocenters. The zero-order valence-electron chi connectivity index (χ0n) is 25.5. The van der Waals surface area contributed by atoms with Crippen LogP contribution >= 0.6 is 0 Å². The lowest BCUT2D eigenvalue weighted by molar-refractivity contribution is -0.152. The smallest absolute Gasteiger partial charge is 0.303 e. The summed E-state index contributed by atoms with van der Waals surface area (Å²) in [5, 5.41) is 0. The third kappa shape index (κ3) is 7.65. The van der Waals surface area contributed by atoms with Gasteiger partial charge in [-0.2, -0.15) is 0 Å². The topological polar surface area (TPSA) is 63.2 Å². The van der Waals surface area contributed by atoms with Gasteiger partial charge >= 0.3 is 5.97 Å². The Hall–Kier alpha value is -5.23. The molecule has 45 heavy (non-hydrogen) atoms. The number of carbonyl (C=O) groups is 1. The van der Waals surface area contributed by atoms with Crippen LogP contribution < -0.4 is 18.9 Å². The molecule has 5 aromatic rings. The minimum absolute atomic E-state index is 0.370. The Kier molecular flexibility index (Phi) is 9.30. The summed E-state index contributed by atoms with van der Waals surface area (Å²) in [5.74, 6) is 2.26. The van der Waals surface area contributed by atoms with Gasteiger partial charge < -0.3 is 23.7 Å². The number of hydrogen-bond acceptors (Lipinski definition) is 6. The monoisotopic (exact) mass is 600 g/mol. The van der Waals surface area contributed by atoms with Crippen molar-refractivity contribution in [2.24, 2.45) is 0 Å². The number of fused-ring (bicyclic) bond motifs is 1. The molecule has 0 N–H and O–H groups in total. The third-order valence-corrected chi connectivity index (χ3v) is 7.63. The van der Waals surface area contributed by atoms with Crippen LogP contribution in [-0.4, -0.2) is 12.1 Å². The Labute approximate surface area is 264 Å². The maximum Gasteiger partial charge on any atom is 0.303 e. The fourth-order valence-corrected chi connectivity index (χ4v) is 5.45. The second-order valence-electron chi connectivity index (χ2n) is 11.2. The molecule has 0 amide bonds. The number of carbonyl (C=O) groups excluding carboxylic acids is 1. The Bertz CT molecular complexity index is 1720. The standard InChI is InChI=1S/C39H36O6/c1-27-20-35(42-25-30-14-8-4-9-15-30)33-23-38(44-28(2)40)39(45-36(33)21-27)32-18-19-34(41-24-29-12-6-3-7-13-29)37(22-32)43-26-31-16-10-5-11-17-31/h3-22,38-39H,23-26H2,1-2H3/t38-,39-/m1/s1. The molecule has 6 nitrogen and oxygen atoms in total. The highest BCUT2D eigenvalue weighted by Crippen LogP contribution is 2.43. The van der Waals surface area contributed by atoms with Gasteiger partial charge in [-0.3, -0.25) is 4.79 Å². The Morgan fingerprint density at radius 3 is 1.76 bits per heavy atom. The van der Waals surface area contributed by atoms with E-state index in [1.54, 1.807) is 0 Å². The van der Waals surface area contributed by atoms with Crippen molar-refractivity contribution in [3.05, 3.63) is 155 Å². The normalized spacial score (nSPS) is 15.3. The van der Waals surface area contributed by atoms with Crippen molar-refractivity contribution in [2.75, 3.05) is 0 Å². The molecule has 0 aliphatic carbocycles. The summed E-state index contributed by atoms with van der Waals surface area (Å²) < 4.78 is 31.4. The highest BCUT2D eigenvalue weighted by molar-refractivity contribution is 5.66. The molecule has 0 saturated heterocycles. The zero-order valence-corrected chi connectivity index (χ0v) is 25.5. The SMILES string of the molecule is CC(=O)O[C@@H]1Cc2c(OCc3ccccc3)cc(C)cc2O[C@@H]1c1ccc(OCc2ccccc2)c(OCc2ccccc2)c1. The molecule has 5 aromatic carbocycles. The molecule has 0 bridgehead atoms. The maximum absolute atomic E-state index is 12.3. The van der Waals surface area contributed by atoms with Gasteiger partial charge in [-0.1, -0.05) is 97.1 Å². The average molecular weight is 601 g/mol. The van der Waals surface area contributed by atoms with Crippen molar-refractivity contribution in [1.29, 1.82) is 0 Å². The van der Waals surface area contributed by atoms with E-state index in [0.29, 0.717) is 43.5 Å². The summed E-state index contributed by atoms with van der Waals surface area (Å²) in [6.45, 7) is 4.63. The van der Waals surface area contributed by atoms with E-state index in [1.165, 1.54) is 6.92 Å². The summed E-state index contributed by atoms with van der Waals surface area (Å²) in [4.78, 5) is 12.3.